The van der Waals surface area contributed by atoms with Crippen LogP contribution in [0.3, 0.4) is 0 Å². The van der Waals surface area contributed by atoms with Gasteiger partial charge in [0.2, 0.25) is 0 Å². The van der Waals surface area contributed by atoms with Gasteiger partial charge in [-0.15, -0.1) is 0 Å². The van der Waals surface area contributed by atoms with Crippen molar-refractivity contribution in [3.63, 3.8) is 0 Å². The molecular weight excluding hydrogens is 304 g/mol. The zero-order valence-corrected chi connectivity index (χ0v) is 12.5. The summed E-state index contributed by atoms with van der Waals surface area (Å²) >= 11 is 0. The van der Waals surface area contributed by atoms with Crippen molar-refractivity contribution in [3.05, 3.63) is 34.4 Å². The molecule has 1 amide bonds. The van der Waals surface area contributed by atoms with Gasteiger partial charge in [-0.1, -0.05) is 25.3 Å². The van der Waals surface area contributed by atoms with Crippen molar-refractivity contribution >= 4 is 17.6 Å². The molecule has 0 atom stereocenters. The molecule has 8 heteroatoms. The number of nitro groups is 1. The van der Waals surface area contributed by atoms with Crippen molar-refractivity contribution in [1.82, 2.24) is 5.32 Å². The number of nitro benzene ring substituents is 1. The molecule has 0 aromatic heterocycles. The van der Waals surface area contributed by atoms with E-state index in [-0.39, 0.29) is 11.4 Å². The molecule has 1 aromatic rings. The quantitative estimate of drug-likeness (QED) is 0.609. The smallest absolute Gasteiger partial charge is 0.329 e. The van der Waals surface area contributed by atoms with E-state index >= 15 is 0 Å². The molecular formula is C15H18N2O6. The molecule has 124 valence electrons. The van der Waals surface area contributed by atoms with Crippen molar-refractivity contribution in [2.75, 3.05) is 6.61 Å². The summed E-state index contributed by atoms with van der Waals surface area (Å²) in [5, 5.41) is 22.6. The summed E-state index contributed by atoms with van der Waals surface area (Å²) in [7, 11) is 0. The standard InChI is InChI=1S/C15H18N2O6/c18-13(16-15(14(19)20)7-2-1-3-8-15)10-23-12-6-4-5-11(9-12)17(21)22/h4-6,9H,1-3,7-8,10H2,(H,16,18)(H,19,20). The van der Waals surface area contributed by atoms with Crippen LogP contribution in [0.5, 0.6) is 5.75 Å². The highest BCUT2D eigenvalue weighted by molar-refractivity contribution is 5.87. The van der Waals surface area contributed by atoms with Gasteiger partial charge >= 0.3 is 5.97 Å². The first kappa shape index (κ1) is 16.7. The van der Waals surface area contributed by atoms with E-state index in [0.29, 0.717) is 12.8 Å². The number of aliphatic carboxylic acids is 1. The van der Waals surface area contributed by atoms with Crippen LogP contribution in [0, 0.1) is 10.1 Å². The number of hydrogen-bond donors (Lipinski definition) is 2. The van der Waals surface area contributed by atoms with E-state index in [1.807, 2.05) is 0 Å². The molecule has 0 unspecified atom stereocenters. The number of benzene rings is 1. The molecule has 1 saturated carbocycles. The van der Waals surface area contributed by atoms with E-state index in [9.17, 15) is 24.8 Å². The van der Waals surface area contributed by atoms with Crippen LogP contribution < -0.4 is 10.1 Å². The van der Waals surface area contributed by atoms with Crippen LogP contribution in [0.25, 0.3) is 0 Å². The van der Waals surface area contributed by atoms with Crippen LogP contribution in [0.15, 0.2) is 24.3 Å². The SMILES string of the molecule is O=C(COc1cccc([N+](=O)[O-])c1)NC1(C(=O)O)CCCCC1. The van der Waals surface area contributed by atoms with Crippen LogP contribution in [0.4, 0.5) is 5.69 Å². The van der Waals surface area contributed by atoms with Gasteiger partial charge in [-0.05, 0) is 18.9 Å². The Morgan fingerprint density at radius 3 is 2.61 bits per heavy atom. The van der Waals surface area contributed by atoms with Gasteiger partial charge in [0.05, 0.1) is 11.0 Å². The summed E-state index contributed by atoms with van der Waals surface area (Å²) < 4.78 is 5.22. The van der Waals surface area contributed by atoms with E-state index in [1.54, 1.807) is 0 Å². The largest absolute Gasteiger partial charge is 0.484 e. The van der Waals surface area contributed by atoms with Crippen LogP contribution in [-0.2, 0) is 9.59 Å². The number of rotatable bonds is 6. The number of carboxylic acids is 1. The minimum atomic E-state index is -1.23. The molecule has 2 rings (SSSR count). The predicted molar refractivity (Wildman–Crippen MR) is 80.2 cm³/mol. The lowest BCUT2D eigenvalue weighted by Crippen LogP contribution is -2.56. The Labute approximate surface area is 132 Å². The van der Waals surface area contributed by atoms with Gasteiger partial charge in [-0.25, -0.2) is 4.79 Å². The van der Waals surface area contributed by atoms with Crippen molar-refractivity contribution < 1.29 is 24.4 Å². The van der Waals surface area contributed by atoms with Crippen LogP contribution in [0.2, 0.25) is 0 Å². The Bertz CT molecular complexity index is 610. The lowest BCUT2D eigenvalue weighted by Gasteiger charge is -2.33. The maximum absolute atomic E-state index is 12.0. The molecule has 0 radical (unpaired) electrons. The fraction of sp³-hybridized carbons (Fsp3) is 0.467. The van der Waals surface area contributed by atoms with Crippen LogP contribution >= 0.6 is 0 Å². The summed E-state index contributed by atoms with van der Waals surface area (Å²) in [4.78, 5) is 33.6. The molecule has 2 N–H and O–H groups in total. The van der Waals surface area contributed by atoms with Crippen LogP contribution in [-0.4, -0.2) is 34.1 Å². The Morgan fingerprint density at radius 1 is 1.30 bits per heavy atom. The monoisotopic (exact) mass is 322 g/mol. The number of carboxylic acid groups (broad SMARTS) is 1. The number of ether oxygens (including phenoxy) is 1. The number of nitrogens with one attached hydrogen (secondary N) is 1. The highest BCUT2D eigenvalue weighted by Crippen LogP contribution is 2.28. The molecule has 8 nitrogen and oxygen atoms in total. The number of hydrogen-bond acceptors (Lipinski definition) is 5. The molecule has 0 bridgehead atoms. The molecule has 0 heterocycles. The van der Waals surface area contributed by atoms with E-state index in [0.717, 1.165) is 19.3 Å². The number of nitrogens with zero attached hydrogens (tertiary/aromatic N) is 1. The number of non-ortho nitro benzene ring substituents is 1. The Morgan fingerprint density at radius 2 is 2.00 bits per heavy atom. The molecule has 1 fully saturated rings. The molecule has 0 saturated heterocycles. The number of carbonyl (C=O) groups is 2. The summed E-state index contributed by atoms with van der Waals surface area (Å²) in [6.45, 7) is -0.393. The van der Waals surface area contributed by atoms with Crippen molar-refractivity contribution in [3.8, 4) is 5.75 Å². The van der Waals surface area contributed by atoms with Crippen LogP contribution in [0.1, 0.15) is 32.1 Å². The maximum Gasteiger partial charge on any atom is 0.329 e. The van der Waals surface area contributed by atoms with Crippen molar-refractivity contribution in [2.45, 2.75) is 37.6 Å². The average Bonchev–Trinajstić information content (AvgIpc) is 2.54. The van der Waals surface area contributed by atoms with Gasteiger partial charge in [0.1, 0.15) is 11.3 Å². The van der Waals surface area contributed by atoms with E-state index < -0.39 is 28.9 Å². The van der Waals surface area contributed by atoms with Gasteiger partial charge in [0.15, 0.2) is 6.61 Å². The minimum absolute atomic E-state index is 0.141. The molecule has 1 aliphatic rings. The first-order chi connectivity index (χ1) is 10.9. The van der Waals surface area contributed by atoms with Gasteiger partial charge in [-0.3, -0.25) is 14.9 Å². The first-order valence-corrected chi connectivity index (χ1v) is 7.35. The summed E-state index contributed by atoms with van der Waals surface area (Å²) in [6, 6.07) is 5.47. The van der Waals surface area contributed by atoms with Gasteiger partial charge < -0.3 is 15.2 Å². The molecule has 23 heavy (non-hydrogen) atoms. The second-order valence-electron chi connectivity index (χ2n) is 5.54. The second kappa shape index (κ2) is 7.08. The minimum Gasteiger partial charge on any atom is -0.484 e. The molecule has 0 aliphatic heterocycles. The third kappa shape index (κ3) is 4.18. The zero-order valence-electron chi connectivity index (χ0n) is 12.5. The fourth-order valence-corrected chi connectivity index (χ4v) is 2.69. The summed E-state index contributed by atoms with van der Waals surface area (Å²) in [5.74, 6) is -1.41. The van der Waals surface area contributed by atoms with E-state index in [4.69, 9.17) is 4.74 Å². The maximum atomic E-state index is 12.0. The highest BCUT2D eigenvalue weighted by Gasteiger charge is 2.40. The topological polar surface area (TPSA) is 119 Å². The third-order valence-electron chi connectivity index (χ3n) is 3.89. The average molecular weight is 322 g/mol. The highest BCUT2D eigenvalue weighted by atomic mass is 16.6. The molecule has 0 spiro atoms. The van der Waals surface area contributed by atoms with E-state index in [1.165, 1.54) is 24.3 Å². The third-order valence-corrected chi connectivity index (χ3v) is 3.89. The van der Waals surface area contributed by atoms with Crippen molar-refractivity contribution in [1.29, 1.82) is 0 Å². The Kier molecular flexibility index (Phi) is 5.15. The Hall–Kier alpha value is -2.64. The van der Waals surface area contributed by atoms with Crippen molar-refractivity contribution in [2.24, 2.45) is 0 Å². The van der Waals surface area contributed by atoms with Gasteiger partial charge in [-0.2, -0.15) is 0 Å². The second-order valence-corrected chi connectivity index (χ2v) is 5.54. The number of carbonyl (C=O) groups excluding carboxylic acids is 1. The van der Waals surface area contributed by atoms with Gasteiger partial charge in [0.25, 0.3) is 11.6 Å². The molecule has 1 aromatic carbocycles. The predicted octanol–water partition coefficient (Wildman–Crippen LogP) is 1.88. The van der Waals surface area contributed by atoms with E-state index in [2.05, 4.69) is 5.32 Å². The first-order valence-electron chi connectivity index (χ1n) is 7.35. The Balaban J connectivity index is 1.95. The lowest BCUT2D eigenvalue weighted by molar-refractivity contribution is -0.384. The molecule has 1 aliphatic carbocycles. The lowest BCUT2D eigenvalue weighted by atomic mass is 9.81. The summed E-state index contributed by atoms with van der Waals surface area (Å²) in [6.07, 6.45) is 3.24. The zero-order chi connectivity index (χ0) is 16.9. The fourth-order valence-electron chi connectivity index (χ4n) is 2.69. The normalized spacial score (nSPS) is 16.3. The summed E-state index contributed by atoms with van der Waals surface area (Å²) in [5.41, 5.74) is -1.38. The van der Waals surface area contributed by atoms with Gasteiger partial charge in [0, 0.05) is 6.07 Å². The number of amides is 1.